The number of aliphatic hydroxyl groups excluding tert-OH is 2. The summed E-state index contributed by atoms with van der Waals surface area (Å²) in [6.45, 7) is -0.401. The zero-order valence-electron chi connectivity index (χ0n) is 17.2. The van der Waals surface area contributed by atoms with Crippen LogP contribution in [0.5, 0.6) is 5.75 Å². The van der Waals surface area contributed by atoms with E-state index >= 15 is 0 Å². The molecule has 176 valence electrons. The minimum Gasteiger partial charge on any atom is -0.507 e. The lowest BCUT2D eigenvalue weighted by atomic mass is 10.1. The molecule has 33 heavy (non-hydrogen) atoms. The summed E-state index contributed by atoms with van der Waals surface area (Å²) in [5.41, 5.74) is 6.07. The van der Waals surface area contributed by atoms with Gasteiger partial charge in [0.05, 0.1) is 11.9 Å². The second-order valence-electron chi connectivity index (χ2n) is 7.36. The summed E-state index contributed by atoms with van der Waals surface area (Å²) in [7, 11) is -3.21. The number of benzene rings is 1. The van der Waals surface area contributed by atoms with Crippen LogP contribution in [0.3, 0.4) is 0 Å². The molecule has 3 heterocycles. The van der Waals surface area contributed by atoms with Crippen LogP contribution in [0, 0.1) is 0 Å². The molecular formula is C18H21N7O7S. The number of carbonyl (C=O) groups excluding carboxylic acids is 1. The monoisotopic (exact) mass is 479 g/mol. The summed E-state index contributed by atoms with van der Waals surface area (Å²) in [6, 6.07) is 5.45. The lowest BCUT2D eigenvalue weighted by Gasteiger charge is -2.22. The van der Waals surface area contributed by atoms with Gasteiger partial charge in [-0.3, -0.25) is 9.36 Å². The van der Waals surface area contributed by atoms with Gasteiger partial charge in [0, 0.05) is 13.6 Å². The van der Waals surface area contributed by atoms with Gasteiger partial charge in [-0.15, -0.1) is 0 Å². The van der Waals surface area contributed by atoms with Crippen molar-refractivity contribution in [2.24, 2.45) is 0 Å². The molecule has 1 aromatic carbocycles. The second kappa shape index (κ2) is 8.53. The molecule has 1 amide bonds. The molecule has 0 unspecified atom stereocenters. The van der Waals surface area contributed by atoms with Crippen LogP contribution < -0.4 is 10.5 Å². The highest BCUT2D eigenvalue weighted by atomic mass is 32.2. The van der Waals surface area contributed by atoms with E-state index in [-0.39, 0.29) is 28.3 Å². The Morgan fingerprint density at radius 1 is 1.24 bits per heavy atom. The third kappa shape index (κ3) is 4.19. The first-order valence-electron chi connectivity index (χ1n) is 9.61. The van der Waals surface area contributed by atoms with Gasteiger partial charge >= 0.3 is 10.2 Å². The number of aromatic hydroxyl groups is 1. The number of hydrogen-bond acceptors (Lipinski definition) is 11. The number of aromatic nitrogens is 4. The van der Waals surface area contributed by atoms with Crippen LogP contribution in [0.2, 0.25) is 0 Å². The number of fused-ring (bicyclic) bond motifs is 1. The van der Waals surface area contributed by atoms with Crippen LogP contribution in [0.4, 0.5) is 5.82 Å². The maximum atomic E-state index is 12.6. The third-order valence-corrected chi connectivity index (χ3v) is 6.63. The summed E-state index contributed by atoms with van der Waals surface area (Å²) >= 11 is 0. The zero-order valence-corrected chi connectivity index (χ0v) is 18.0. The van der Waals surface area contributed by atoms with E-state index in [1.807, 2.05) is 4.72 Å². The van der Waals surface area contributed by atoms with Gasteiger partial charge in [0.25, 0.3) is 5.91 Å². The molecule has 0 saturated carbocycles. The number of nitrogens with two attached hydrogens (primary N) is 1. The number of phenols is 1. The van der Waals surface area contributed by atoms with Gasteiger partial charge in [-0.05, 0) is 12.1 Å². The topological polar surface area (TPSA) is 206 Å². The maximum absolute atomic E-state index is 12.6. The van der Waals surface area contributed by atoms with Gasteiger partial charge in [-0.25, -0.2) is 19.7 Å². The van der Waals surface area contributed by atoms with Crippen LogP contribution in [-0.4, -0.2) is 85.4 Å². The number of likely N-dealkylation sites (N-methyl/N-ethyl adjacent to an activating group) is 1. The van der Waals surface area contributed by atoms with Crippen molar-refractivity contribution in [2.75, 3.05) is 19.3 Å². The molecule has 15 heteroatoms. The van der Waals surface area contributed by atoms with Gasteiger partial charge in [0.1, 0.15) is 35.9 Å². The van der Waals surface area contributed by atoms with E-state index in [2.05, 4.69) is 15.0 Å². The standard InChI is InChI=1S/C18H21N7O7S/c1-24(33(30,31)23-17(29)9-4-2-3-5-10(9)26)6-11-13(27)14(28)18(32-11)25-8-22-12-15(19)20-7-21-16(12)25/h2-5,7-8,11,13-14,18,26-28H,6H2,1H3,(H,23,29)(H2,19,20,21)/t11-,13-,14+,18-/m1/s1. The van der Waals surface area contributed by atoms with Crippen LogP contribution in [0.15, 0.2) is 36.9 Å². The summed E-state index contributed by atoms with van der Waals surface area (Å²) in [5.74, 6) is -1.30. The van der Waals surface area contributed by atoms with E-state index in [4.69, 9.17) is 10.5 Å². The highest BCUT2D eigenvalue weighted by Crippen LogP contribution is 2.32. The molecule has 1 aliphatic heterocycles. The summed E-state index contributed by atoms with van der Waals surface area (Å²) < 4.78 is 34.8. The fraction of sp³-hybridized carbons (Fsp3) is 0.333. The Hall–Kier alpha value is -3.37. The number of nitrogens with zero attached hydrogens (tertiary/aromatic N) is 5. The number of imidazole rings is 1. The maximum Gasteiger partial charge on any atom is 0.303 e. The molecule has 4 atom stereocenters. The normalized spacial score (nSPS) is 23.3. The smallest absolute Gasteiger partial charge is 0.303 e. The van der Waals surface area contributed by atoms with E-state index in [1.54, 1.807) is 0 Å². The van der Waals surface area contributed by atoms with Crippen molar-refractivity contribution in [3.8, 4) is 5.75 Å². The van der Waals surface area contributed by atoms with E-state index in [9.17, 15) is 28.5 Å². The number of hydrogen-bond donors (Lipinski definition) is 5. The predicted molar refractivity (Wildman–Crippen MR) is 113 cm³/mol. The van der Waals surface area contributed by atoms with Gasteiger partial charge in [0.2, 0.25) is 0 Å². The molecule has 0 aliphatic carbocycles. The molecule has 0 bridgehead atoms. The minimum absolute atomic E-state index is 0.120. The molecule has 14 nitrogen and oxygen atoms in total. The number of anilines is 1. The van der Waals surface area contributed by atoms with Crippen molar-refractivity contribution in [3.63, 3.8) is 0 Å². The average molecular weight is 479 g/mol. The first kappa shape index (κ1) is 22.8. The summed E-state index contributed by atoms with van der Waals surface area (Å²) in [6.07, 6.45) is -2.65. The van der Waals surface area contributed by atoms with E-state index in [1.165, 1.54) is 41.5 Å². The van der Waals surface area contributed by atoms with E-state index in [0.29, 0.717) is 0 Å². The quantitative estimate of drug-likeness (QED) is 0.270. The molecule has 1 fully saturated rings. The Bertz CT molecular complexity index is 1300. The molecule has 0 radical (unpaired) electrons. The predicted octanol–water partition coefficient (Wildman–Crippen LogP) is -1.66. The van der Waals surface area contributed by atoms with Crippen molar-refractivity contribution >= 4 is 33.1 Å². The van der Waals surface area contributed by atoms with Crippen LogP contribution in [0.1, 0.15) is 16.6 Å². The largest absolute Gasteiger partial charge is 0.507 e. The highest BCUT2D eigenvalue weighted by molar-refractivity contribution is 7.87. The molecule has 0 spiro atoms. The Balaban J connectivity index is 1.48. The number of amides is 1. The lowest BCUT2D eigenvalue weighted by molar-refractivity contribution is -0.0377. The van der Waals surface area contributed by atoms with E-state index in [0.717, 1.165) is 11.4 Å². The number of rotatable bonds is 6. The summed E-state index contributed by atoms with van der Waals surface area (Å²) in [5, 5.41) is 30.7. The number of carbonyl (C=O) groups is 1. The van der Waals surface area contributed by atoms with Crippen molar-refractivity contribution in [1.82, 2.24) is 28.5 Å². The number of ether oxygens (including phenoxy) is 1. The fourth-order valence-electron chi connectivity index (χ4n) is 3.43. The number of nitrogens with one attached hydrogen (secondary N) is 1. The van der Waals surface area contributed by atoms with Crippen molar-refractivity contribution in [2.45, 2.75) is 24.5 Å². The Morgan fingerprint density at radius 3 is 2.70 bits per heavy atom. The van der Waals surface area contributed by atoms with Crippen LogP contribution in [-0.2, 0) is 14.9 Å². The molecule has 2 aromatic heterocycles. The highest BCUT2D eigenvalue weighted by Gasteiger charge is 2.45. The number of aliphatic hydroxyl groups is 2. The zero-order chi connectivity index (χ0) is 23.9. The van der Waals surface area contributed by atoms with E-state index < -0.39 is 47.2 Å². The SMILES string of the molecule is CN(C[C@H]1O[C@@H](n2cnc3c(N)ncnc32)[C@@H](O)[C@@H]1O)S(=O)(=O)NC(=O)c1ccccc1O. The molecule has 1 aliphatic rings. The average Bonchev–Trinajstić information content (AvgIpc) is 3.31. The molecule has 1 saturated heterocycles. The van der Waals surface area contributed by atoms with Gasteiger partial charge in [-0.1, -0.05) is 12.1 Å². The second-order valence-corrected chi connectivity index (χ2v) is 9.14. The Kier molecular flexibility index (Phi) is 5.89. The first-order chi connectivity index (χ1) is 15.6. The Labute approximate surface area is 187 Å². The minimum atomic E-state index is -4.37. The summed E-state index contributed by atoms with van der Waals surface area (Å²) in [4.78, 5) is 24.2. The number of phenolic OH excluding ortho intramolecular Hbond substituents is 1. The number of para-hydroxylation sites is 1. The number of nitrogen functional groups attached to an aromatic ring is 1. The van der Waals surface area contributed by atoms with Crippen LogP contribution in [0.25, 0.3) is 11.2 Å². The van der Waals surface area contributed by atoms with Crippen LogP contribution >= 0.6 is 0 Å². The molecule has 6 N–H and O–H groups in total. The van der Waals surface area contributed by atoms with Gasteiger partial charge in [-0.2, -0.15) is 12.7 Å². The van der Waals surface area contributed by atoms with Crippen molar-refractivity contribution < 1.29 is 33.3 Å². The van der Waals surface area contributed by atoms with Crippen molar-refractivity contribution in [3.05, 3.63) is 42.5 Å². The molecular weight excluding hydrogens is 458 g/mol. The van der Waals surface area contributed by atoms with Gasteiger partial charge in [0.15, 0.2) is 17.7 Å². The molecule has 4 rings (SSSR count). The lowest BCUT2D eigenvalue weighted by Crippen LogP contribution is -2.46. The fourth-order valence-corrected chi connectivity index (χ4v) is 4.28. The van der Waals surface area contributed by atoms with Gasteiger partial charge < -0.3 is 25.8 Å². The van der Waals surface area contributed by atoms with Crippen molar-refractivity contribution in [1.29, 1.82) is 0 Å². The first-order valence-corrected chi connectivity index (χ1v) is 11.0. The Morgan fingerprint density at radius 2 is 1.97 bits per heavy atom. The molecule has 3 aromatic rings. The third-order valence-electron chi connectivity index (χ3n) is 5.22.